The van der Waals surface area contributed by atoms with Gasteiger partial charge in [-0.15, -0.1) is 0 Å². The molecule has 0 atom stereocenters. The summed E-state index contributed by atoms with van der Waals surface area (Å²) in [6, 6.07) is 12.5. The molecule has 0 fully saturated rings. The van der Waals surface area contributed by atoms with Gasteiger partial charge in [0.25, 0.3) is 0 Å². The lowest BCUT2D eigenvalue weighted by atomic mass is 9.99. The van der Waals surface area contributed by atoms with Crippen molar-refractivity contribution in [2.45, 2.75) is 44.8 Å². The van der Waals surface area contributed by atoms with E-state index < -0.39 is 6.29 Å². The zero-order valence-corrected chi connectivity index (χ0v) is 16.0. The van der Waals surface area contributed by atoms with Crippen LogP contribution >= 0.6 is 0 Å². The summed E-state index contributed by atoms with van der Waals surface area (Å²) in [7, 11) is 2.99. The zero-order valence-electron chi connectivity index (χ0n) is 16.0. The fourth-order valence-corrected chi connectivity index (χ4v) is 3.14. The molecular formula is C22H28O5. The van der Waals surface area contributed by atoms with Crippen molar-refractivity contribution >= 4 is 5.78 Å². The molecule has 0 amide bonds. The molecule has 5 heteroatoms. The molecule has 0 aliphatic carbocycles. The number of unbranched alkanes of at least 4 members (excludes halogenated alkanes) is 3. The number of methoxy groups -OCH3 is 2. The van der Waals surface area contributed by atoms with E-state index >= 15 is 0 Å². The third-order valence-corrected chi connectivity index (χ3v) is 4.65. The maximum absolute atomic E-state index is 12.1. The predicted molar refractivity (Wildman–Crippen MR) is 104 cm³/mol. The highest BCUT2D eigenvalue weighted by Crippen LogP contribution is 2.36. The van der Waals surface area contributed by atoms with Crippen molar-refractivity contribution in [3.63, 3.8) is 0 Å². The minimum atomic E-state index is -0.673. The Morgan fingerprint density at radius 3 is 2.26 bits per heavy atom. The summed E-state index contributed by atoms with van der Waals surface area (Å²) >= 11 is 0. The SMILES string of the molecule is COC(OC)c1ccc(O)c(CCCCCCC(=O)c2ccccc2)c1O. The minimum Gasteiger partial charge on any atom is -0.508 e. The molecule has 0 bridgehead atoms. The standard InChI is InChI=1S/C22H28O5/c1-26-22(27-2)18-14-15-20(24)17(21(18)25)12-8-3-4-9-13-19(23)16-10-6-5-7-11-16/h5-7,10-11,14-15,22,24-25H,3-4,8-9,12-13H2,1-2H3. The first kappa shape index (κ1) is 20.9. The van der Waals surface area contributed by atoms with E-state index in [1.54, 1.807) is 12.1 Å². The Balaban J connectivity index is 1.80. The molecular weight excluding hydrogens is 344 g/mol. The van der Waals surface area contributed by atoms with E-state index in [9.17, 15) is 15.0 Å². The van der Waals surface area contributed by atoms with E-state index in [4.69, 9.17) is 9.47 Å². The normalized spacial score (nSPS) is 11.1. The van der Waals surface area contributed by atoms with Gasteiger partial charge in [0.1, 0.15) is 11.5 Å². The molecule has 0 unspecified atom stereocenters. The molecule has 0 spiro atoms. The smallest absolute Gasteiger partial charge is 0.186 e. The van der Waals surface area contributed by atoms with Crippen LogP contribution in [0.1, 0.15) is 59.9 Å². The number of carbonyl (C=O) groups excluding carboxylic acids is 1. The Kier molecular flexibility index (Phi) is 8.30. The van der Waals surface area contributed by atoms with E-state index in [1.165, 1.54) is 14.2 Å². The Morgan fingerprint density at radius 2 is 1.59 bits per heavy atom. The summed E-state index contributed by atoms with van der Waals surface area (Å²) in [4.78, 5) is 12.1. The fraction of sp³-hybridized carbons (Fsp3) is 0.409. The van der Waals surface area contributed by atoms with Crippen molar-refractivity contribution in [2.75, 3.05) is 14.2 Å². The molecule has 2 rings (SSSR count). The number of aromatic hydroxyl groups is 2. The molecule has 2 aromatic carbocycles. The number of hydrogen-bond donors (Lipinski definition) is 2. The minimum absolute atomic E-state index is 0.0166. The van der Waals surface area contributed by atoms with Crippen LogP contribution in [0.15, 0.2) is 42.5 Å². The van der Waals surface area contributed by atoms with Crippen LogP contribution in [0.25, 0.3) is 0 Å². The number of rotatable bonds is 11. The maximum Gasteiger partial charge on any atom is 0.186 e. The van der Waals surface area contributed by atoms with E-state index in [-0.39, 0.29) is 17.3 Å². The van der Waals surface area contributed by atoms with Gasteiger partial charge < -0.3 is 19.7 Å². The number of hydrogen-bond acceptors (Lipinski definition) is 5. The highest BCUT2D eigenvalue weighted by atomic mass is 16.7. The van der Waals surface area contributed by atoms with E-state index in [1.807, 2.05) is 30.3 Å². The average Bonchev–Trinajstić information content (AvgIpc) is 2.69. The van der Waals surface area contributed by atoms with Crippen LogP contribution < -0.4 is 0 Å². The summed E-state index contributed by atoms with van der Waals surface area (Å²) < 4.78 is 10.4. The van der Waals surface area contributed by atoms with Crippen LogP contribution in [0.3, 0.4) is 0 Å². The summed E-state index contributed by atoms with van der Waals surface area (Å²) in [5, 5.41) is 20.5. The second kappa shape index (κ2) is 10.7. The summed E-state index contributed by atoms with van der Waals surface area (Å²) in [5.74, 6) is 0.258. The second-order valence-corrected chi connectivity index (χ2v) is 6.51. The lowest BCUT2D eigenvalue weighted by molar-refractivity contribution is -0.107. The van der Waals surface area contributed by atoms with Crippen LogP contribution in [0.2, 0.25) is 0 Å². The van der Waals surface area contributed by atoms with Gasteiger partial charge in [0, 0.05) is 37.3 Å². The molecule has 0 aromatic heterocycles. The molecule has 0 saturated carbocycles. The Hall–Kier alpha value is -2.37. The first-order valence-corrected chi connectivity index (χ1v) is 9.26. The van der Waals surface area contributed by atoms with Gasteiger partial charge in [0.2, 0.25) is 0 Å². The molecule has 0 radical (unpaired) electrons. The van der Waals surface area contributed by atoms with Gasteiger partial charge in [-0.25, -0.2) is 0 Å². The lowest BCUT2D eigenvalue weighted by Gasteiger charge is -2.18. The number of ether oxygens (including phenoxy) is 2. The van der Waals surface area contributed by atoms with Gasteiger partial charge in [-0.2, -0.15) is 0 Å². The highest BCUT2D eigenvalue weighted by molar-refractivity contribution is 5.95. The molecule has 0 aliphatic heterocycles. The molecule has 146 valence electrons. The monoisotopic (exact) mass is 372 g/mol. The van der Waals surface area contributed by atoms with Crippen molar-refractivity contribution in [2.24, 2.45) is 0 Å². The summed E-state index contributed by atoms with van der Waals surface area (Å²) in [5.41, 5.74) is 1.77. The fourth-order valence-electron chi connectivity index (χ4n) is 3.14. The highest BCUT2D eigenvalue weighted by Gasteiger charge is 2.19. The largest absolute Gasteiger partial charge is 0.508 e. The Bertz CT molecular complexity index is 723. The number of phenolic OH excluding ortho intramolecular Hbond substituents is 2. The second-order valence-electron chi connectivity index (χ2n) is 6.51. The van der Waals surface area contributed by atoms with E-state index in [0.29, 0.717) is 24.0 Å². The van der Waals surface area contributed by atoms with Crippen molar-refractivity contribution < 1.29 is 24.5 Å². The van der Waals surface area contributed by atoms with E-state index in [0.717, 1.165) is 31.2 Å². The predicted octanol–water partition coefficient (Wildman–Crippen LogP) is 4.77. The van der Waals surface area contributed by atoms with Gasteiger partial charge in [-0.1, -0.05) is 43.2 Å². The Morgan fingerprint density at radius 1 is 0.926 bits per heavy atom. The average molecular weight is 372 g/mol. The third kappa shape index (κ3) is 5.81. The topological polar surface area (TPSA) is 76.0 Å². The number of benzene rings is 2. The molecule has 0 aliphatic rings. The van der Waals surface area contributed by atoms with Crippen LogP contribution in [0.4, 0.5) is 0 Å². The quantitative estimate of drug-likeness (QED) is 0.338. The molecule has 2 N–H and O–H groups in total. The van der Waals surface area contributed by atoms with Crippen molar-refractivity contribution in [1.82, 2.24) is 0 Å². The number of carbonyl (C=O) groups is 1. The number of Topliss-reactive ketones (excluding diaryl/α,β-unsaturated/α-hetero) is 1. The zero-order chi connectivity index (χ0) is 19.6. The third-order valence-electron chi connectivity index (χ3n) is 4.65. The van der Waals surface area contributed by atoms with Gasteiger partial charge in [0.05, 0.1) is 0 Å². The number of ketones is 1. The number of phenols is 2. The van der Waals surface area contributed by atoms with Crippen LogP contribution in [0.5, 0.6) is 11.5 Å². The van der Waals surface area contributed by atoms with Gasteiger partial charge in [-0.3, -0.25) is 4.79 Å². The van der Waals surface area contributed by atoms with Crippen LogP contribution in [0, 0.1) is 0 Å². The van der Waals surface area contributed by atoms with Gasteiger partial charge in [0.15, 0.2) is 12.1 Å². The first-order chi connectivity index (χ1) is 13.1. The molecule has 5 nitrogen and oxygen atoms in total. The molecule has 27 heavy (non-hydrogen) atoms. The van der Waals surface area contributed by atoms with Crippen molar-refractivity contribution in [1.29, 1.82) is 0 Å². The van der Waals surface area contributed by atoms with Crippen LogP contribution in [-0.4, -0.2) is 30.2 Å². The van der Waals surface area contributed by atoms with Gasteiger partial charge in [-0.05, 0) is 31.4 Å². The van der Waals surface area contributed by atoms with Crippen molar-refractivity contribution in [3.05, 3.63) is 59.2 Å². The first-order valence-electron chi connectivity index (χ1n) is 9.26. The maximum atomic E-state index is 12.1. The molecule has 0 heterocycles. The lowest BCUT2D eigenvalue weighted by Crippen LogP contribution is -2.05. The van der Waals surface area contributed by atoms with Gasteiger partial charge >= 0.3 is 0 Å². The van der Waals surface area contributed by atoms with E-state index in [2.05, 4.69) is 0 Å². The Labute approximate surface area is 160 Å². The molecule has 0 saturated heterocycles. The molecule has 2 aromatic rings. The van der Waals surface area contributed by atoms with Crippen molar-refractivity contribution in [3.8, 4) is 11.5 Å². The summed E-state index contributed by atoms with van der Waals surface area (Å²) in [6.07, 6.45) is 3.92. The summed E-state index contributed by atoms with van der Waals surface area (Å²) in [6.45, 7) is 0. The van der Waals surface area contributed by atoms with Crippen LogP contribution in [-0.2, 0) is 15.9 Å².